The molecule has 0 saturated carbocycles. The first-order valence-corrected chi connectivity index (χ1v) is 8.62. The van der Waals surface area contributed by atoms with Gasteiger partial charge in [0.25, 0.3) is 0 Å². The van der Waals surface area contributed by atoms with Crippen LogP contribution in [0.15, 0.2) is 12.4 Å². The van der Waals surface area contributed by atoms with Crippen molar-refractivity contribution in [1.29, 1.82) is 0 Å². The highest BCUT2D eigenvalue weighted by atomic mass is 15.2. The minimum absolute atomic E-state index is 0.869. The molecule has 21 heavy (non-hydrogen) atoms. The Balaban J connectivity index is 1.48. The Morgan fingerprint density at radius 3 is 2.90 bits per heavy atom. The van der Waals surface area contributed by atoms with Gasteiger partial charge in [-0.2, -0.15) is 5.10 Å². The van der Waals surface area contributed by atoms with Gasteiger partial charge in [0.2, 0.25) is 0 Å². The average Bonchev–Trinajstić information content (AvgIpc) is 2.91. The van der Waals surface area contributed by atoms with Crippen molar-refractivity contribution < 1.29 is 0 Å². The average molecular weight is 290 g/mol. The Morgan fingerprint density at radius 2 is 2.10 bits per heavy atom. The SMILES string of the molecule is CN(CCc1cnn(C)c1)C[C@@H]1CCCN2CCCC[C@H]12. The maximum Gasteiger partial charge on any atom is 0.0522 e. The summed E-state index contributed by atoms with van der Waals surface area (Å²) in [5.74, 6) is 0.887. The largest absolute Gasteiger partial charge is 0.306 e. The summed E-state index contributed by atoms with van der Waals surface area (Å²) in [7, 11) is 4.28. The summed E-state index contributed by atoms with van der Waals surface area (Å²) in [5, 5.41) is 4.26. The monoisotopic (exact) mass is 290 g/mol. The number of likely N-dealkylation sites (N-methyl/N-ethyl adjacent to an activating group) is 1. The van der Waals surface area contributed by atoms with E-state index in [2.05, 4.69) is 28.1 Å². The van der Waals surface area contributed by atoms with E-state index in [1.165, 1.54) is 57.3 Å². The van der Waals surface area contributed by atoms with Gasteiger partial charge in [0, 0.05) is 32.4 Å². The molecule has 2 aliphatic heterocycles. The second-order valence-corrected chi connectivity index (χ2v) is 7.04. The normalized spacial score (nSPS) is 27.0. The van der Waals surface area contributed by atoms with Crippen LogP contribution in [0.3, 0.4) is 0 Å². The van der Waals surface area contributed by atoms with Gasteiger partial charge in [0.1, 0.15) is 0 Å². The Morgan fingerprint density at radius 1 is 1.24 bits per heavy atom. The number of aromatic nitrogens is 2. The predicted octanol–water partition coefficient (Wildman–Crippen LogP) is 2.16. The van der Waals surface area contributed by atoms with Crippen LogP contribution in [0.5, 0.6) is 0 Å². The van der Waals surface area contributed by atoms with E-state index in [0.717, 1.165) is 24.9 Å². The molecular weight excluding hydrogens is 260 g/mol. The number of fused-ring (bicyclic) bond motifs is 1. The van der Waals surface area contributed by atoms with Crippen LogP contribution in [-0.4, -0.2) is 58.8 Å². The summed E-state index contributed by atoms with van der Waals surface area (Å²) in [6, 6.07) is 0.869. The summed E-state index contributed by atoms with van der Waals surface area (Å²) in [4.78, 5) is 5.31. The molecule has 0 aromatic carbocycles. The molecule has 0 radical (unpaired) electrons. The molecule has 2 saturated heterocycles. The lowest BCUT2D eigenvalue weighted by Crippen LogP contribution is -2.50. The van der Waals surface area contributed by atoms with Gasteiger partial charge in [-0.05, 0) is 63.7 Å². The molecule has 118 valence electrons. The van der Waals surface area contributed by atoms with Gasteiger partial charge in [-0.15, -0.1) is 0 Å². The van der Waals surface area contributed by atoms with E-state index in [-0.39, 0.29) is 0 Å². The van der Waals surface area contributed by atoms with Gasteiger partial charge in [-0.1, -0.05) is 6.42 Å². The Hall–Kier alpha value is -0.870. The van der Waals surface area contributed by atoms with E-state index in [1.54, 1.807) is 0 Å². The third-order valence-electron chi connectivity index (χ3n) is 5.32. The molecular formula is C17H30N4. The number of rotatable bonds is 5. The fourth-order valence-electron chi connectivity index (χ4n) is 4.20. The lowest BCUT2D eigenvalue weighted by molar-refractivity contribution is 0.0447. The van der Waals surface area contributed by atoms with Crippen LogP contribution >= 0.6 is 0 Å². The van der Waals surface area contributed by atoms with E-state index in [9.17, 15) is 0 Å². The molecule has 0 spiro atoms. The molecule has 1 aromatic heterocycles. The Bertz CT molecular complexity index is 440. The topological polar surface area (TPSA) is 24.3 Å². The second kappa shape index (κ2) is 6.93. The molecule has 0 bridgehead atoms. The number of nitrogens with zero attached hydrogens (tertiary/aromatic N) is 4. The smallest absolute Gasteiger partial charge is 0.0522 e. The highest BCUT2D eigenvalue weighted by Gasteiger charge is 2.33. The van der Waals surface area contributed by atoms with Crippen molar-refractivity contribution in [1.82, 2.24) is 19.6 Å². The van der Waals surface area contributed by atoms with Gasteiger partial charge in [-0.25, -0.2) is 0 Å². The molecule has 0 N–H and O–H groups in total. The molecule has 3 heterocycles. The van der Waals surface area contributed by atoms with Crippen LogP contribution < -0.4 is 0 Å². The lowest BCUT2D eigenvalue weighted by atomic mass is 9.83. The van der Waals surface area contributed by atoms with E-state index < -0.39 is 0 Å². The minimum Gasteiger partial charge on any atom is -0.306 e. The van der Waals surface area contributed by atoms with Crippen molar-refractivity contribution >= 4 is 0 Å². The highest BCUT2D eigenvalue weighted by molar-refractivity contribution is 5.04. The van der Waals surface area contributed by atoms with E-state index in [1.807, 2.05) is 17.9 Å². The summed E-state index contributed by atoms with van der Waals surface area (Å²) >= 11 is 0. The maximum absolute atomic E-state index is 4.26. The molecule has 2 fully saturated rings. The molecule has 3 rings (SSSR count). The summed E-state index contributed by atoms with van der Waals surface area (Å²) < 4.78 is 1.90. The molecule has 4 heteroatoms. The van der Waals surface area contributed by atoms with Crippen molar-refractivity contribution in [3.05, 3.63) is 18.0 Å². The molecule has 0 unspecified atom stereocenters. The number of hydrogen-bond acceptors (Lipinski definition) is 3. The zero-order valence-electron chi connectivity index (χ0n) is 13.7. The van der Waals surface area contributed by atoms with Crippen LogP contribution in [0, 0.1) is 5.92 Å². The van der Waals surface area contributed by atoms with Crippen LogP contribution in [-0.2, 0) is 13.5 Å². The van der Waals surface area contributed by atoms with Crippen LogP contribution in [0.25, 0.3) is 0 Å². The van der Waals surface area contributed by atoms with Crippen molar-refractivity contribution in [3.63, 3.8) is 0 Å². The lowest BCUT2D eigenvalue weighted by Gasteiger charge is -2.45. The van der Waals surface area contributed by atoms with Crippen LogP contribution in [0.4, 0.5) is 0 Å². The predicted molar refractivity (Wildman–Crippen MR) is 86.3 cm³/mol. The third-order valence-corrected chi connectivity index (χ3v) is 5.32. The number of hydrogen-bond donors (Lipinski definition) is 0. The molecule has 2 aliphatic rings. The van der Waals surface area contributed by atoms with Gasteiger partial charge in [0.15, 0.2) is 0 Å². The molecule has 0 aliphatic carbocycles. The van der Waals surface area contributed by atoms with E-state index in [4.69, 9.17) is 0 Å². The quantitative estimate of drug-likeness (QED) is 0.830. The van der Waals surface area contributed by atoms with Crippen molar-refractivity contribution in [2.24, 2.45) is 13.0 Å². The molecule has 0 amide bonds. The Kier molecular flexibility index (Phi) is 4.96. The molecule has 4 nitrogen and oxygen atoms in total. The van der Waals surface area contributed by atoms with Gasteiger partial charge in [0.05, 0.1) is 6.20 Å². The van der Waals surface area contributed by atoms with Gasteiger partial charge < -0.3 is 9.80 Å². The first-order chi connectivity index (χ1) is 10.2. The van der Waals surface area contributed by atoms with Crippen LogP contribution in [0.1, 0.15) is 37.7 Å². The molecule has 1 aromatic rings. The minimum atomic E-state index is 0.869. The summed E-state index contributed by atoms with van der Waals surface area (Å²) in [6.07, 6.45) is 12.4. The van der Waals surface area contributed by atoms with E-state index in [0.29, 0.717) is 0 Å². The maximum atomic E-state index is 4.26. The summed E-state index contributed by atoms with van der Waals surface area (Å²) in [5.41, 5.74) is 1.35. The fraction of sp³-hybridized carbons (Fsp3) is 0.824. The van der Waals surface area contributed by atoms with E-state index >= 15 is 0 Å². The van der Waals surface area contributed by atoms with Crippen molar-refractivity contribution in [2.45, 2.75) is 44.6 Å². The van der Waals surface area contributed by atoms with Gasteiger partial charge in [-0.3, -0.25) is 4.68 Å². The summed E-state index contributed by atoms with van der Waals surface area (Å²) in [6.45, 7) is 5.11. The van der Waals surface area contributed by atoms with Crippen LogP contribution in [0.2, 0.25) is 0 Å². The number of aryl methyl sites for hydroxylation is 1. The first kappa shape index (κ1) is 15.0. The van der Waals surface area contributed by atoms with Crippen molar-refractivity contribution in [2.75, 3.05) is 33.2 Å². The zero-order valence-corrected chi connectivity index (χ0v) is 13.7. The number of piperidine rings is 2. The highest BCUT2D eigenvalue weighted by Crippen LogP contribution is 2.31. The second-order valence-electron chi connectivity index (χ2n) is 7.04. The third kappa shape index (κ3) is 3.86. The van der Waals surface area contributed by atoms with Crippen molar-refractivity contribution in [3.8, 4) is 0 Å². The Labute approximate surface area is 129 Å². The van der Waals surface area contributed by atoms with Gasteiger partial charge >= 0.3 is 0 Å². The fourth-order valence-corrected chi connectivity index (χ4v) is 4.20. The zero-order chi connectivity index (χ0) is 14.7. The standard InChI is InChI=1S/C17H30N4/c1-19(11-8-15-12-18-20(2)13-15)14-16-6-5-10-21-9-4-3-7-17(16)21/h12-13,16-17H,3-11,14H2,1-2H3/t16-,17+/m0/s1. The first-order valence-electron chi connectivity index (χ1n) is 8.62. The molecule has 2 atom stereocenters.